The monoisotopic (exact) mass is 220 g/mol. The standard InChI is InChI=1S/C13H20N2O/c1-10-9-12(5-6-13(10)16-2)15-8-7-14-11-3-4-11/h5-6,9,11,14-15H,3-4,7-8H2,1-2H3. The summed E-state index contributed by atoms with van der Waals surface area (Å²) in [5.41, 5.74) is 2.33. The smallest absolute Gasteiger partial charge is 0.121 e. The number of rotatable bonds is 6. The Morgan fingerprint density at radius 2 is 2.12 bits per heavy atom. The van der Waals surface area contributed by atoms with Crippen LogP contribution in [-0.4, -0.2) is 26.2 Å². The fourth-order valence-electron chi connectivity index (χ4n) is 1.76. The lowest BCUT2D eigenvalue weighted by atomic mass is 10.2. The van der Waals surface area contributed by atoms with E-state index in [4.69, 9.17) is 4.74 Å². The van der Waals surface area contributed by atoms with Crippen LogP contribution < -0.4 is 15.4 Å². The van der Waals surface area contributed by atoms with Crippen molar-refractivity contribution in [2.24, 2.45) is 0 Å². The molecule has 0 atom stereocenters. The van der Waals surface area contributed by atoms with E-state index < -0.39 is 0 Å². The molecule has 1 fully saturated rings. The van der Waals surface area contributed by atoms with Crippen LogP contribution in [-0.2, 0) is 0 Å². The Bertz CT molecular complexity index is 348. The second-order valence-electron chi connectivity index (χ2n) is 4.34. The van der Waals surface area contributed by atoms with Crippen LogP contribution in [0, 0.1) is 6.92 Å². The minimum atomic E-state index is 0.791. The molecule has 1 aromatic carbocycles. The van der Waals surface area contributed by atoms with Crippen LogP contribution in [0.2, 0.25) is 0 Å². The van der Waals surface area contributed by atoms with E-state index in [0.717, 1.165) is 30.6 Å². The van der Waals surface area contributed by atoms with Crippen LogP contribution in [0.1, 0.15) is 18.4 Å². The highest BCUT2D eigenvalue weighted by Crippen LogP contribution is 2.21. The number of anilines is 1. The second kappa shape index (κ2) is 5.21. The number of nitrogens with one attached hydrogen (secondary N) is 2. The molecule has 0 aliphatic heterocycles. The zero-order valence-corrected chi connectivity index (χ0v) is 10.0. The molecule has 0 spiro atoms. The Labute approximate surface area is 97.2 Å². The van der Waals surface area contributed by atoms with Gasteiger partial charge in [-0.2, -0.15) is 0 Å². The Kier molecular flexibility index (Phi) is 3.67. The Morgan fingerprint density at radius 3 is 2.75 bits per heavy atom. The maximum Gasteiger partial charge on any atom is 0.121 e. The van der Waals surface area contributed by atoms with E-state index in [1.165, 1.54) is 18.4 Å². The van der Waals surface area contributed by atoms with Gasteiger partial charge in [-0.05, 0) is 43.5 Å². The summed E-state index contributed by atoms with van der Waals surface area (Å²) in [6, 6.07) is 6.98. The zero-order chi connectivity index (χ0) is 11.4. The molecule has 1 aliphatic rings. The summed E-state index contributed by atoms with van der Waals surface area (Å²) in [4.78, 5) is 0. The summed E-state index contributed by atoms with van der Waals surface area (Å²) in [7, 11) is 1.70. The molecule has 0 aromatic heterocycles. The highest BCUT2D eigenvalue weighted by Gasteiger charge is 2.19. The summed E-state index contributed by atoms with van der Waals surface area (Å²) in [6.45, 7) is 4.07. The summed E-state index contributed by atoms with van der Waals surface area (Å²) >= 11 is 0. The van der Waals surface area contributed by atoms with Gasteiger partial charge >= 0.3 is 0 Å². The maximum absolute atomic E-state index is 5.23. The number of hydrogen-bond acceptors (Lipinski definition) is 3. The molecule has 3 nitrogen and oxygen atoms in total. The quantitative estimate of drug-likeness (QED) is 0.721. The van der Waals surface area contributed by atoms with Gasteiger partial charge in [-0.3, -0.25) is 0 Å². The van der Waals surface area contributed by atoms with Crippen molar-refractivity contribution in [2.45, 2.75) is 25.8 Å². The first-order chi connectivity index (χ1) is 7.79. The van der Waals surface area contributed by atoms with Crippen molar-refractivity contribution in [1.29, 1.82) is 0 Å². The van der Waals surface area contributed by atoms with Gasteiger partial charge in [0.1, 0.15) is 5.75 Å². The first-order valence-corrected chi connectivity index (χ1v) is 5.91. The molecule has 1 saturated carbocycles. The summed E-state index contributed by atoms with van der Waals surface area (Å²) < 4.78 is 5.23. The van der Waals surface area contributed by atoms with E-state index in [2.05, 4.69) is 29.7 Å². The Morgan fingerprint density at radius 1 is 1.31 bits per heavy atom. The number of ether oxygens (including phenoxy) is 1. The van der Waals surface area contributed by atoms with Crippen molar-refractivity contribution in [3.05, 3.63) is 23.8 Å². The van der Waals surface area contributed by atoms with Crippen molar-refractivity contribution in [1.82, 2.24) is 5.32 Å². The fourth-order valence-corrected chi connectivity index (χ4v) is 1.76. The van der Waals surface area contributed by atoms with E-state index in [0.29, 0.717) is 0 Å². The van der Waals surface area contributed by atoms with E-state index in [9.17, 15) is 0 Å². The van der Waals surface area contributed by atoms with Gasteiger partial charge in [-0.25, -0.2) is 0 Å². The number of aryl methyl sites for hydroxylation is 1. The first kappa shape index (κ1) is 11.3. The van der Waals surface area contributed by atoms with E-state index in [1.807, 2.05) is 6.07 Å². The predicted molar refractivity (Wildman–Crippen MR) is 67.2 cm³/mol. The minimum absolute atomic E-state index is 0.791. The number of hydrogen-bond donors (Lipinski definition) is 2. The van der Waals surface area contributed by atoms with Gasteiger partial charge < -0.3 is 15.4 Å². The molecule has 0 bridgehead atoms. The summed E-state index contributed by atoms with van der Waals surface area (Å²) in [6.07, 6.45) is 2.70. The number of benzene rings is 1. The predicted octanol–water partition coefficient (Wildman–Crippen LogP) is 2.17. The van der Waals surface area contributed by atoms with E-state index in [1.54, 1.807) is 7.11 Å². The lowest BCUT2D eigenvalue weighted by molar-refractivity contribution is 0.412. The van der Waals surface area contributed by atoms with Crippen molar-refractivity contribution in [3.8, 4) is 5.75 Å². The molecular formula is C13H20N2O. The van der Waals surface area contributed by atoms with Gasteiger partial charge in [0.2, 0.25) is 0 Å². The average Bonchev–Trinajstić information content (AvgIpc) is 3.08. The first-order valence-electron chi connectivity index (χ1n) is 5.91. The molecular weight excluding hydrogens is 200 g/mol. The molecule has 2 rings (SSSR count). The third-order valence-electron chi connectivity index (χ3n) is 2.86. The van der Waals surface area contributed by atoms with Crippen LogP contribution in [0.15, 0.2) is 18.2 Å². The molecule has 0 radical (unpaired) electrons. The van der Waals surface area contributed by atoms with E-state index in [-0.39, 0.29) is 0 Å². The minimum Gasteiger partial charge on any atom is -0.496 e. The molecule has 88 valence electrons. The van der Waals surface area contributed by atoms with Crippen molar-refractivity contribution < 1.29 is 4.74 Å². The van der Waals surface area contributed by atoms with Crippen molar-refractivity contribution in [3.63, 3.8) is 0 Å². The van der Waals surface area contributed by atoms with Crippen LogP contribution in [0.4, 0.5) is 5.69 Å². The lowest BCUT2D eigenvalue weighted by Gasteiger charge is -2.10. The highest BCUT2D eigenvalue weighted by molar-refractivity contribution is 5.50. The van der Waals surface area contributed by atoms with Crippen molar-refractivity contribution >= 4 is 5.69 Å². The van der Waals surface area contributed by atoms with Gasteiger partial charge in [0, 0.05) is 24.8 Å². The van der Waals surface area contributed by atoms with Crippen LogP contribution in [0.5, 0.6) is 5.75 Å². The van der Waals surface area contributed by atoms with Gasteiger partial charge in [0.25, 0.3) is 0 Å². The molecule has 3 heteroatoms. The molecule has 0 unspecified atom stereocenters. The third kappa shape index (κ3) is 3.14. The van der Waals surface area contributed by atoms with Crippen molar-refractivity contribution in [2.75, 3.05) is 25.5 Å². The zero-order valence-electron chi connectivity index (χ0n) is 10.0. The highest BCUT2D eigenvalue weighted by atomic mass is 16.5. The third-order valence-corrected chi connectivity index (χ3v) is 2.86. The average molecular weight is 220 g/mol. The van der Waals surface area contributed by atoms with Gasteiger partial charge in [0.15, 0.2) is 0 Å². The number of methoxy groups -OCH3 is 1. The van der Waals surface area contributed by atoms with Crippen LogP contribution in [0.25, 0.3) is 0 Å². The molecule has 0 amide bonds. The largest absolute Gasteiger partial charge is 0.496 e. The SMILES string of the molecule is COc1ccc(NCCNC2CC2)cc1C. The maximum atomic E-state index is 5.23. The van der Waals surface area contributed by atoms with Gasteiger partial charge in [-0.15, -0.1) is 0 Å². The molecule has 1 aliphatic carbocycles. The second-order valence-corrected chi connectivity index (χ2v) is 4.34. The normalized spacial score (nSPS) is 14.9. The van der Waals surface area contributed by atoms with Gasteiger partial charge in [-0.1, -0.05) is 0 Å². The fraction of sp³-hybridized carbons (Fsp3) is 0.538. The van der Waals surface area contributed by atoms with Crippen LogP contribution >= 0.6 is 0 Å². The van der Waals surface area contributed by atoms with E-state index >= 15 is 0 Å². The topological polar surface area (TPSA) is 33.3 Å². The van der Waals surface area contributed by atoms with Gasteiger partial charge in [0.05, 0.1) is 7.11 Å². The molecule has 1 aromatic rings. The Hall–Kier alpha value is -1.22. The summed E-state index contributed by atoms with van der Waals surface area (Å²) in [5, 5.41) is 6.88. The molecule has 16 heavy (non-hydrogen) atoms. The molecule has 0 saturated heterocycles. The van der Waals surface area contributed by atoms with Crippen LogP contribution in [0.3, 0.4) is 0 Å². The summed E-state index contributed by atoms with van der Waals surface area (Å²) in [5.74, 6) is 0.946. The lowest BCUT2D eigenvalue weighted by Crippen LogP contribution is -2.23. The molecule has 0 heterocycles. The Balaban J connectivity index is 1.77. The molecule has 2 N–H and O–H groups in total.